The molecule has 1 aromatic carbocycles. The lowest BCUT2D eigenvalue weighted by Crippen LogP contribution is -2.43. The molecule has 1 saturated heterocycles. The average Bonchev–Trinajstić information content (AvgIpc) is 2.39. The minimum atomic E-state index is -0.362. The highest BCUT2D eigenvalue weighted by atomic mass is 35.5. The molecule has 1 aliphatic heterocycles. The molecule has 120 valence electrons. The van der Waals surface area contributed by atoms with Crippen LogP contribution in [-0.4, -0.2) is 35.5 Å². The van der Waals surface area contributed by atoms with Gasteiger partial charge in [0.1, 0.15) is 0 Å². The molecule has 2 rings (SSSR count). The maximum Gasteiger partial charge on any atom is 0.269 e. The Hall–Kier alpha value is -0.880. The number of nitro groups is 1. The van der Waals surface area contributed by atoms with Crippen molar-refractivity contribution < 1.29 is 4.92 Å². The van der Waals surface area contributed by atoms with E-state index in [-0.39, 0.29) is 35.4 Å². The Bertz CT molecular complexity index is 429. The molecule has 0 saturated carbocycles. The Kier molecular flexibility index (Phi) is 9.53. The summed E-state index contributed by atoms with van der Waals surface area (Å²) in [6.07, 6.45) is 4.37. The van der Waals surface area contributed by atoms with Gasteiger partial charge in [-0.15, -0.1) is 24.8 Å². The molecular formula is C14H23Cl2N3O2. The Balaban J connectivity index is 0.00000200. The lowest BCUT2D eigenvalue weighted by Gasteiger charge is -2.30. The van der Waals surface area contributed by atoms with E-state index >= 15 is 0 Å². The number of nitro benzene ring substituents is 1. The van der Waals surface area contributed by atoms with Crippen LogP contribution in [0.3, 0.4) is 0 Å². The van der Waals surface area contributed by atoms with Crippen LogP contribution in [0.25, 0.3) is 0 Å². The molecule has 21 heavy (non-hydrogen) atoms. The number of hydrogen-bond donors (Lipinski definition) is 1. The molecule has 0 aliphatic carbocycles. The fraction of sp³-hybridized carbons (Fsp3) is 0.571. The van der Waals surface area contributed by atoms with Crippen LogP contribution in [0.1, 0.15) is 24.8 Å². The quantitative estimate of drug-likeness (QED) is 0.663. The molecule has 1 aromatic rings. The summed E-state index contributed by atoms with van der Waals surface area (Å²) in [6, 6.07) is 7.17. The number of benzene rings is 1. The maximum atomic E-state index is 10.6. The lowest BCUT2D eigenvalue weighted by atomic mass is 10.1. The number of nitrogens with zero attached hydrogens (tertiary/aromatic N) is 2. The Morgan fingerprint density at radius 2 is 1.95 bits per heavy atom. The van der Waals surface area contributed by atoms with Gasteiger partial charge in [-0.3, -0.25) is 10.1 Å². The van der Waals surface area contributed by atoms with E-state index in [1.165, 1.54) is 6.42 Å². The van der Waals surface area contributed by atoms with Gasteiger partial charge in [0.05, 0.1) is 4.92 Å². The predicted molar refractivity (Wildman–Crippen MR) is 89.6 cm³/mol. The van der Waals surface area contributed by atoms with Crippen molar-refractivity contribution in [3.63, 3.8) is 0 Å². The summed E-state index contributed by atoms with van der Waals surface area (Å²) in [5, 5.41) is 10.6. The van der Waals surface area contributed by atoms with E-state index < -0.39 is 0 Å². The minimum absolute atomic E-state index is 0. The molecule has 0 bridgehead atoms. The Morgan fingerprint density at radius 1 is 1.29 bits per heavy atom. The third-order valence-electron chi connectivity index (χ3n) is 3.63. The standard InChI is InChI=1S/C14H21N3O2.2ClH/c15-13-4-2-10-16(11-13)9-1-3-12-5-7-14(8-6-12)17(18)19;;/h5-8,13H,1-4,9-11,15H2;2*1H/t13-;;/m1../s1. The van der Waals surface area contributed by atoms with Gasteiger partial charge >= 0.3 is 0 Å². The highest BCUT2D eigenvalue weighted by Crippen LogP contribution is 2.14. The van der Waals surface area contributed by atoms with Crippen LogP contribution in [0.2, 0.25) is 0 Å². The summed E-state index contributed by atoms with van der Waals surface area (Å²) in [5.41, 5.74) is 7.26. The van der Waals surface area contributed by atoms with Gasteiger partial charge < -0.3 is 10.6 Å². The monoisotopic (exact) mass is 335 g/mol. The summed E-state index contributed by atoms with van der Waals surface area (Å²) in [7, 11) is 0. The van der Waals surface area contributed by atoms with Gasteiger partial charge in [0.25, 0.3) is 5.69 Å². The van der Waals surface area contributed by atoms with Crippen molar-refractivity contribution in [1.29, 1.82) is 0 Å². The zero-order chi connectivity index (χ0) is 13.7. The number of non-ortho nitro benzene ring substituents is 1. The van der Waals surface area contributed by atoms with Gasteiger partial charge in [-0.2, -0.15) is 0 Å². The van der Waals surface area contributed by atoms with E-state index in [0.29, 0.717) is 6.04 Å². The van der Waals surface area contributed by atoms with Crippen molar-refractivity contribution >= 4 is 30.5 Å². The fourth-order valence-corrected chi connectivity index (χ4v) is 2.59. The molecule has 7 heteroatoms. The molecular weight excluding hydrogens is 313 g/mol. The summed E-state index contributed by atoms with van der Waals surface area (Å²) in [4.78, 5) is 12.6. The summed E-state index contributed by atoms with van der Waals surface area (Å²) in [6.45, 7) is 3.21. The lowest BCUT2D eigenvalue weighted by molar-refractivity contribution is -0.384. The first-order chi connectivity index (χ1) is 9.15. The first-order valence-corrected chi connectivity index (χ1v) is 6.86. The summed E-state index contributed by atoms with van der Waals surface area (Å²) in [5.74, 6) is 0. The van der Waals surface area contributed by atoms with Gasteiger partial charge in [-0.05, 0) is 44.3 Å². The van der Waals surface area contributed by atoms with Crippen molar-refractivity contribution in [2.45, 2.75) is 31.7 Å². The predicted octanol–water partition coefficient (Wildman–Crippen LogP) is 2.79. The molecule has 0 aromatic heterocycles. The third kappa shape index (κ3) is 6.61. The van der Waals surface area contributed by atoms with Crippen molar-refractivity contribution in [3.05, 3.63) is 39.9 Å². The molecule has 1 heterocycles. The second-order valence-electron chi connectivity index (χ2n) is 5.23. The minimum Gasteiger partial charge on any atom is -0.327 e. The molecule has 1 aliphatic rings. The SMILES string of the molecule is Cl.Cl.N[C@@H]1CCCN(CCCc2ccc([N+](=O)[O-])cc2)C1. The van der Waals surface area contributed by atoms with Gasteiger partial charge in [0, 0.05) is 24.7 Å². The number of nitrogens with two attached hydrogens (primary N) is 1. The average molecular weight is 336 g/mol. The number of halogens is 2. The molecule has 2 N–H and O–H groups in total. The Labute approximate surface area is 137 Å². The van der Waals surface area contributed by atoms with Crippen LogP contribution < -0.4 is 5.73 Å². The second kappa shape index (κ2) is 9.95. The number of aryl methyl sites for hydroxylation is 1. The smallest absolute Gasteiger partial charge is 0.269 e. The van der Waals surface area contributed by atoms with E-state index in [2.05, 4.69) is 4.90 Å². The fourth-order valence-electron chi connectivity index (χ4n) is 2.59. The van der Waals surface area contributed by atoms with E-state index in [4.69, 9.17) is 5.73 Å². The van der Waals surface area contributed by atoms with Crippen LogP contribution in [0.4, 0.5) is 5.69 Å². The Morgan fingerprint density at radius 3 is 2.52 bits per heavy atom. The number of likely N-dealkylation sites (tertiary alicyclic amines) is 1. The van der Waals surface area contributed by atoms with Gasteiger partial charge in [0.2, 0.25) is 0 Å². The largest absolute Gasteiger partial charge is 0.327 e. The zero-order valence-electron chi connectivity index (χ0n) is 11.9. The molecule has 0 amide bonds. The summed E-state index contributed by atoms with van der Waals surface area (Å²) < 4.78 is 0. The van der Waals surface area contributed by atoms with Gasteiger partial charge in [0.15, 0.2) is 0 Å². The normalized spacial score (nSPS) is 18.4. The van der Waals surface area contributed by atoms with Crippen molar-refractivity contribution in [2.75, 3.05) is 19.6 Å². The van der Waals surface area contributed by atoms with E-state index in [1.54, 1.807) is 12.1 Å². The number of rotatable bonds is 5. The van der Waals surface area contributed by atoms with Crippen molar-refractivity contribution in [1.82, 2.24) is 4.90 Å². The molecule has 5 nitrogen and oxygen atoms in total. The van der Waals surface area contributed by atoms with Crippen LogP contribution in [-0.2, 0) is 6.42 Å². The second-order valence-corrected chi connectivity index (χ2v) is 5.23. The van der Waals surface area contributed by atoms with Crippen LogP contribution >= 0.6 is 24.8 Å². The maximum absolute atomic E-state index is 10.6. The number of piperidine rings is 1. The highest BCUT2D eigenvalue weighted by Gasteiger charge is 2.15. The van der Waals surface area contributed by atoms with Crippen molar-refractivity contribution in [2.24, 2.45) is 5.73 Å². The van der Waals surface area contributed by atoms with Crippen LogP contribution in [0.5, 0.6) is 0 Å². The molecule has 1 fully saturated rings. The van der Waals surface area contributed by atoms with Crippen LogP contribution in [0, 0.1) is 10.1 Å². The zero-order valence-corrected chi connectivity index (χ0v) is 13.6. The van der Waals surface area contributed by atoms with Crippen LogP contribution in [0.15, 0.2) is 24.3 Å². The van der Waals surface area contributed by atoms with Gasteiger partial charge in [-0.25, -0.2) is 0 Å². The van der Waals surface area contributed by atoms with Gasteiger partial charge in [-0.1, -0.05) is 12.1 Å². The number of hydrogen-bond acceptors (Lipinski definition) is 4. The third-order valence-corrected chi connectivity index (χ3v) is 3.63. The molecule has 1 atom stereocenters. The van der Waals surface area contributed by atoms with Crippen molar-refractivity contribution in [3.8, 4) is 0 Å². The molecule has 0 spiro atoms. The molecule has 0 radical (unpaired) electrons. The van der Waals surface area contributed by atoms with E-state index in [1.807, 2.05) is 12.1 Å². The molecule has 0 unspecified atom stereocenters. The first kappa shape index (κ1) is 20.1. The topological polar surface area (TPSA) is 72.4 Å². The summed E-state index contributed by atoms with van der Waals surface area (Å²) >= 11 is 0. The van der Waals surface area contributed by atoms with E-state index in [9.17, 15) is 10.1 Å². The van der Waals surface area contributed by atoms with E-state index in [0.717, 1.165) is 44.5 Å². The first-order valence-electron chi connectivity index (χ1n) is 6.86. The highest BCUT2D eigenvalue weighted by molar-refractivity contribution is 5.85.